The predicted octanol–water partition coefficient (Wildman–Crippen LogP) is 0.896. The number of rotatable bonds is 2. The second-order valence-corrected chi connectivity index (χ2v) is 1.73. The van der Waals surface area contributed by atoms with Gasteiger partial charge in [0.05, 0.1) is 12.5 Å². The maximum atomic E-state index is 8.15. The van der Waals surface area contributed by atoms with Crippen LogP contribution in [0.15, 0.2) is 27.1 Å². The molecule has 0 atom stereocenters. The minimum absolute atomic E-state index is 0.338. The molecule has 0 aliphatic heterocycles. The zero-order valence-corrected chi connectivity index (χ0v) is 5.51. The van der Waals surface area contributed by atoms with Crippen LogP contribution in [0, 0.1) is 0 Å². The van der Waals surface area contributed by atoms with E-state index in [0.29, 0.717) is 11.3 Å². The van der Waals surface area contributed by atoms with E-state index in [9.17, 15) is 0 Å². The summed E-state index contributed by atoms with van der Waals surface area (Å²) in [4.78, 5) is 0. The summed E-state index contributed by atoms with van der Waals surface area (Å²) in [6.07, 6.45) is 3.69. The Morgan fingerprint density at radius 3 is 2.64 bits per heavy atom. The molecule has 2 N–H and O–H groups in total. The summed E-state index contributed by atoms with van der Waals surface area (Å²) in [5.41, 5.74) is 0.547. The van der Waals surface area contributed by atoms with E-state index in [2.05, 4.69) is 10.3 Å². The number of oxime groups is 2. The molecule has 0 spiro atoms. The Hall–Kier alpha value is -1.78. The molecular formula is C6H6N2O3. The Morgan fingerprint density at radius 2 is 2.00 bits per heavy atom. The summed E-state index contributed by atoms with van der Waals surface area (Å²) in [5, 5.41) is 21.8. The fourth-order valence-electron chi connectivity index (χ4n) is 0.657. The monoisotopic (exact) mass is 154 g/mol. The Bertz CT molecular complexity index is 251. The van der Waals surface area contributed by atoms with Crippen molar-refractivity contribution in [3.8, 4) is 0 Å². The molecule has 0 bridgehead atoms. The smallest absolute Gasteiger partial charge is 0.157 e. The summed E-state index contributed by atoms with van der Waals surface area (Å²) >= 11 is 0. The van der Waals surface area contributed by atoms with Crippen molar-refractivity contribution in [2.75, 3.05) is 0 Å². The first-order valence-electron chi connectivity index (χ1n) is 2.81. The van der Waals surface area contributed by atoms with E-state index in [1.165, 1.54) is 12.5 Å². The van der Waals surface area contributed by atoms with Gasteiger partial charge in [0.1, 0.15) is 6.21 Å². The van der Waals surface area contributed by atoms with Gasteiger partial charge in [-0.15, -0.1) is 0 Å². The maximum Gasteiger partial charge on any atom is 0.157 e. The predicted molar refractivity (Wildman–Crippen MR) is 37.5 cm³/mol. The van der Waals surface area contributed by atoms with Crippen LogP contribution in [0.3, 0.4) is 0 Å². The molecule has 11 heavy (non-hydrogen) atoms. The summed E-state index contributed by atoms with van der Waals surface area (Å²) < 4.78 is 4.85. The average Bonchev–Trinajstić information content (AvgIpc) is 2.39. The largest absolute Gasteiger partial charge is 0.463 e. The molecule has 5 heteroatoms. The van der Waals surface area contributed by atoms with E-state index < -0.39 is 0 Å². The van der Waals surface area contributed by atoms with Gasteiger partial charge in [-0.3, -0.25) is 0 Å². The van der Waals surface area contributed by atoms with Gasteiger partial charge in [0.25, 0.3) is 0 Å². The molecule has 0 radical (unpaired) electrons. The SMILES string of the molecule is ON=Cc1ccoc1C=NO. The zero-order valence-electron chi connectivity index (χ0n) is 5.51. The van der Waals surface area contributed by atoms with Crippen molar-refractivity contribution >= 4 is 12.4 Å². The first kappa shape index (κ1) is 7.33. The van der Waals surface area contributed by atoms with Crippen molar-refractivity contribution in [3.63, 3.8) is 0 Å². The van der Waals surface area contributed by atoms with Crippen LogP contribution in [0.25, 0.3) is 0 Å². The van der Waals surface area contributed by atoms with Crippen LogP contribution in [0.2, 0.25) is 0 Å². The first-order valence-corrected chi connectivity index (χ1v) is 2.81. The Kier molecular flexibility index (Phi) is 2.27. The second kappa shape index (κ2) is 3.40. The lowest BCUT2D eigenvalue weighted by Gasteiger charge is -1.84. The highest BCUT2D eigenvalue weighted by Crippen LogP contribution is 2.04. The van der Waals surface area contributed by atoms with E-state index in [1.54, 1.807) is 6.07 Å². The minimum atomic E-state index is 0.338. The standard InChI is InChI=1S/C6H6N2O3/c9-7-3-5-1-2-11-6(5)4-8-10/h1-4,9-10H. The van der Waals surface area contributed by atoms with Crippen LogP contribution in [-0.2, 0) is 0 Å². The van der Waals surface area contributed by atoms with Gasteiger partial charge in [0, 0.05) is 5.56 Å². The van der Waals surface area contributed by atoms with Crippen molar-refractivity contribution in [2.24, 2.45) is 10.3 Å². The lowest BCUT2D eigenvalue weighted by atomic mass is 10.3. The highest BCUT2D eigenvalue weighted by molar-refractivity contribution is 5.91. The highest BCUT2D eigenvalue weighted by Gasteiger charge is 1.99. The molecule has 1 heterocycles. The van der Waals surface area contributed by atoms with Gasteiger partial charge in [-0.05, 0) is 6.07 Å². The van der Waals surface area contributed by atoms with Gasteiger partial charge >= 0.3 is 0 Å². The third-order valence-electron chi connectivity index (χ3n) is 1.10. The van der Waals surface area contributed by atoms with Crippen LogP contribution >= 0.6 is 0 Å². The minimum Gasteiger partial charge on any atom is -0.463 e. The molecule has 0 aliphatic rings. The zero-order chi connectivity index (χ0) is 8.10. The second-order valence-electron chi connectivity index (χ2n) is 1.73. The Balaban J connectivity index is 2.95. The van der Waals surface area contributed by atoms with Gasteiger partial charge < -0.3 is 14.8 Å². The topological polar surface area (TPSA) is 78.3 Å². The Morgan fingerprint density at radius 1 is 1.27 bits per heavy atom. The molecule has 0 saturated heterocycles. The first-order chi connectivity index (χ1) is 5.38. The van der Waals surface area contributed by atoms with Gasteiger partial charge in [-0.25, -0.2) is 0 Å². The van der Waals surface area contributed by atoms with Crippen molar-refractivity contribution < 1.29 is 14.8 Å². The van der Waals surface area contributed by atoms with E-state index in [-0.39, 0.29) is 0 Å². The van der Waals surface area contributed by atoms with Crippen molar-refractivity contribution in [1.82, 2.24) is 0 Å². The quantitative estimate of drug-likeness (QED) is 0.377. The van der Waals surface area contributed by atoms with Gasteiger partial charge in [-0.2, -0.15) is 0 Å². The third kappa shape index (κ3) is 1.57. The lowest BCUT2D eigenvalue weighted by Crippen LogP contribution is -1.84. The van der Waals surface area contributed by atoms with E-state index >= 15 is 0 Å². The molecular weight excluding hydrogens is 148 g/mol. The molecule has 0 aliphatic carbocycles. The van der Waals surface area contributed by atoms with E-state index in [0.717, 1.165) is 6.21 Å². The molecule has 1 aromatic rings. The summed E-state index contributed by atoms with van der Waals surface area (Å²) in [7, 11) is 0. The molecule has 0 unspecified atom stereocenters. The number of furan rings is 1. The van der Waals surface area contributed by atoms with Crippen LogP contribution in [0.5, 0.6) is 0 Å². The van der Waals surface area contributed by atoms with Gasteiger partial charge in [-0.1, -0.05) is 10.3 Å². The molecule has 0 aromatic carbocycles. The van der Waals surface area contributed by atoms with Gasteiger partial charge in [0.15, 0.2) is 5.76 Å². The fourth-order valence-corrected chi connectivity index (χ4v) is 0.657. The molecule has 5 nitrogen and oxygen atoms in total. The number of nitrogens with zero attached hydrogens (tertiary/aromatic N) is 2. The number of hydrogen-bond acceptors (Lipinski definition) is 5. The molecule has 0 fully saturated rings. The van der Waals surface area contributed by atoms with Crippen LogP contribution in [-0.4, -0.2) is 22.8 Å². The van der Waals surface area contributed by atoms with Crippen LogP contribution in [0.1, 0.15) is 11.3 Å². The lowest BCUT2D eigenvalue weighted by molar-refractivity contribution is 0.320. The molecule has 1 aromatic heterocycles. The normalized spacial score (nSPS) is 11.6. The summed E-state index contributed by atoms with van der Waals surface area (Å²) in [5.74, 6) is 0.338. The number of hydrogen-bond donors (Lipinski definition) is 2. The summed E-state index contributed by atoms with van der Waals surface area (Å²) in [6, 6.07) is 1.58. The molecule has 58 valence electrons. The molecule has 1 rings (SSSR count). The van der Waals surface area contributed by atoms with Crippen molar-refractivity contribution in [2.45, 2.75) is 0 Å². The average molecular weight is 154 g/mol. The fraction of sp³-hybridized carbons (Fsp3) is 0. The summed E-state index contributed by atoms with van der Waals surface area (Å²) in [6.45, 7) is 0. The Labute approximate surface area is 62.2 Å². The van der Waals surface area contributed by atoms with E-state index in [4.69, 9.17) is 14.8 Å². The van der Waals surface area contributed by atoms with Crippen molar-refractivity contribution in [3.05, 3.63) is 23.7 Å². The van der Waals surface area contributed by atoms with E-state index in [1.807, 2.05) is 0 Å². The van der Waals surface area contributed by atoms with Crippen LogP contribution < -0.4 is 0 Å². The maximum absolute atomic E-state index is 8.15. The van der Waals surface area contributed by atoms with Gasteiger partial charge in [0.2, 0.25) is 0 Å². The molecule has 0 amide bonds. The molecule has 0 saturated carbocycles. The van der Waals surface area contributed by atoms with Crippen molar-refractivity contribution in [1.29, 1.82) is 0 Å². The third-order valence-corrected chi connectivity index (χ3v) is 1.10. The van der Waals surface area contributed by atoms with Crippen LogP contribution in [0.4, 0.5) is 0 Å². The highest BCUT2D eigenvalue weighted by atomic mass is 16.4.